The Morgan fingerprint density at radius 3 is 2.42 bits per heavy atom. The first-order valence-corrected chi connectivity index (χ1v) is 11.9. The van der Waals surface area contributed by atoms with Crippen molar-refractivity contribution in [1.82, 2.24) is 0 Å². The number of hydrogen-bond donors (Lipinski definition) is 1. The fourth-order valence-electron chi connectivity index (χ4n) is 4.29. The number of anilines is 1. The zero-order valence-electron chi connectivity index (χ0n) is 18.0. The van der Waals surface area contributed by atoms with E-state index in [1.165, 1.54) is 6.07 Å². The summed E-state index contributed by atoms with van der Waals surface area (Å²) in [6, 6.07) is 18.5. The number of nitrogens with zero attached hydrogens (tertiary/aromatic N) is 1. The van der Waals surface area contributed by atoms with Crippen LogP contribution in [0.15, 0.2) is 77.3 Å². The van der Waals surface area contributed by atoms with E-state index in [0.29, 0.717) is 33.9 Å². The highest BCUT2D eigenvalue weighted by molar-refractivity contribution is 7.93. The molecule has 7 nitrogen and oxygen atoms in total. The minimum Gasteiger partial charge on any atom is -0.477 e. The Hall–Kier alpha value is -3.78. The Kier molecular flexibility index (Phi) is 4.90. The van der Waals surface area contributed by atoms with Gasteiger partial charge >= 0.3 is 5.97 Å². The van der Waals surface area contributed by atoms with Crippen molar-refractivity contribution in [3.05, 3.63) is 89.1 Å². The van der Waals surface area contributed by atoms with Crippen molar-refractivity contribution in [3.8, 4) is 11.5 Å². The summed E-state index contributed by atoms with van der Waals surface area (Å²) < 4.78 is 39.5. The van der Waals surface area contributed by atoms with E-state index in [2.05, 4.69) is 0 Å². The minimum absolute atomic E-state index is 0.0300. The van der Waals surface area contributed by atoms with Gasteiger partial charge in [-0.05, 0) is 41.3 Å². The number of hydrogen-bond acceptors (Lipinski definition) is 5. The SMILES string of the molecule is CC(C)c1ccccc1N1C(C(=O)O)=C(c2ccc3c(c2)OCO3)c2ccccc2S1(=O)=O. The van der Waals surface area contributed by atoms with Crippen molar-refractivity contribution in [3.63, 3.8) is 0 Å². The maximum atomic E-state index is 13.8. The third-order valence-corrected chi connectivity index (χ3v) is 7.53. The number of carboxylic acids is 1. The number of carbonyl (C=O) groups is 1. The van der Waals surface area contributed by atoms with Crippen LogP contribution in [0.25, 0.3) is 5.57 Å². The molecule has 0 saturated heterocycles. The molecule has 0 aliphatic carbocycles. The van der Waals surface area contributed by atoms with Crippen LogP contribution in [0.4, 0.5) is 5.69 Å². The first-order chi connectivity index (χ1) is 15.8. The van der Waals surface area contributed by atoms with E-state index in [0.717, 1.165) is 9.87 Å². The van der Waals surface area contributed by atoms with Gasteiger partial charge in [-0.25, -0.2) is 17.5 Å². The monoisotopic (exact) mass is 463 g/mol. The van der Waals surface area contributed by atoms with Crippen molar-refractivity contribution >= 4 is 27.3 Å². The van der Waals surface area contributed by atoms with Gasteiger partial charge in [-0.3, -0.25) is 0 Å². The molecule has 0 amide bonds. The molecule has 0 atom stereocenters. The zero-order valence-corrected chi connectivity index (χ0v) is 18.8. The van der Waals surface area contributed by atoms with E-state index in [9.17, 15) is 18.3 Å². The maximum absolute atomic E-state index is 13.8. The molecule has 2 aliphatic heterocycles. The molecule has 5 rings (SSSR count). The lowest BCUT2D eigenvalue weighted by Crippen LogP contribution is -2.39. The molecule has 3 aromatic rings. The van der Waals surface area contributed by atoms with E-state index >= 15 is 0 Å². The van der Waals surface area contributed by atoms with Gasteiger partial charge in [-0.1, -0.05) is 56.3 Å². The van der Waals surface area contributed by atoms with Crippen LogP contribution in [0.1, 0.15) is 36.5 Å². The van der Waals surface area contributed by atoms with E-state index in [-0.39, 0.29) is 23.3 Å². The van der Waals surface area contributed by atoms with E-state index in [4.69, 9.17) is 9.47 Å². The van der Waals surface area contributed by atoms with Crippen molar-refractivity contribution in [2.24, 2.45) is 0 Å². The number of rotatable bonds is 4. The summed E-state index contributed by atoms with van der Waals surface area (Å²) in [5.74, 6) is -0.350. The lowest BCUT2D eigenvalue weighted by molar-refractivity contribution is -0.132. The highest BCUT2D eigenvalue weighted by atomic mass is 32.2. The lowest BCUT2D eigenvalue weighted by atomic mass is 9.94. The smallest absolute Gasteiger partial charge is 0.354 e. The van der Waals surface area contributed by atoms with Gasteiger partial charge in [-0.2, -0.15) is 0 Å². The molecule has 0 unspecified atom stereocenters. The molecule has 0 bridgehead atoms. The van der Waals surface area contributed by atoms with Crippen molar-refractivity contribution in [1.29, 1.82) is 0 Å². The van der Waals surface area contributed by atoms with E-state index < -0.39 is 16.0 Å². The molecule has 0 fully saturated rings. The Balaban J connectivity index is 1.89. The zero-order chi connectivity index (χ0) is 23.3. The molecule has 33 heavy (non-hydrogen) atoms. The largest absolute Gasteiger partial charge is 0.477 e. The minimum atomic E-state index is -4.20. The summed E-state index contributed by atoms with van der Waals surface area (Å²) in [5.41, 5.74) is 1.85. The highest BCUT2D eigenvalue weighted by Gasteiger charge is 2.42. The lowest BCUT2D eigenvalue weighted by Gasteiger charge is -2.34. The molecular formula is C25H21NO6S. The van der Waals surface area contributed by atoms with E-state index in [1.807, 2.05) is 26.0 Å². The van der Waals surface area contributed by atoms with Crippen LogP contribution < -0.4 is 13.8 Å². The van der Waals surface area contributed by atoms with Crippen LogP contribution in [0.5, 0.6) is 11.5 Å². The predicted molar refractivity (Wildman–Crippen MR) is 123 cm³/mol. The van der Waals surface area contributed by atoms with Crippen molar-refractivity contribution in [2.75, 3.05) is 11.1 Å². The van der Waals surface area contributed by atoms with Crippen LogP contribution in [-0.4, -0.2) is 26.3 Å². The third kappa shape index (κ3) is 3.25. The second-order valence-corrected chi connectivity index (χ2v) is 9.83. The second-order valence-electron chi connectivity index (χ2n) is 8.08. The summed E-state index contributed by atoms with van der Waals surface area (Å²) in [7, 11) is -4.20. The summed E-state index contributed by atoms with van der Waals surface area (Å²) in [5, 5.41) is 10.4. The molecule has 0 spiro atoms. The van der Waals surface area contributed by atoms with Gasteiger partial charge in [0.2, 0.25) is 6.79 Å². The number of benzene rings is 3. The standard InChI is InChI=1S/C25H21NO6S/c1-15(2)17-7-3-5-9-19(17)26-24(25(27)28)23(16-11-12-20-21(13-16)32-14-31-20)18-8-4-6-10-22(18)33(26,29)30/h3-13,15H,14H2,1-2H3,(H,27,28). The molecule has 2 aliphatic rings. The molecule has 2 heterocycles. The van der Waals surface area contributed by atoms with Crippen molar-refractivity contribution in [2.45, 2.75) is 24.7 Å². The fourth-order valence-corrected chi connectivity index (χ4v) is 6.02. The van der Waals surface area contributed by atoms with Crippen LogP contribution in [0.2, 0.25) is 0 Å². The molecule has 168 valence electrons. The van der Waals surface area contributed by atoms with Gasteiger partial charge in [0, 0.05) is 11.1 Å². The number of carboxylic acid groups (broad SMARTS) is 1. The molecule has 3 aromatic carbocycles. The van der Waals surface area contributed by atoms with Crippen LogP contribution >= 0.6 is 0 Å². The van der Waals surface area contributed by atoms with Gasteiger partial charge < -0.3 is 14.6 Å². The number of para-hydroxylation sites is 1. The van der Waals surface area contributed by atoms with Gasteiger partial charge in [-0.15, -0.1) is 0 Å². The molecule has 0 saturated carbocycles. The second kappa shape index (κ2) is 7.67. The average molecular weight is 464 g/mol. The quantitative estimate of drug-likeness (QED) is 0.608. The Morgan fingerprint density at radius 2 is 1.67 bits per heavy atom. The number of fused-ring (bicyclic) bond motifs is 2. The van der Waals surface area contributed by atoms with Crippen LogP contribution in [0, 0.1) is 0 Å². The maximum Gasteiger partial charge on any atom is 0.354 e. The predicted octanol–water partition coefficient (Wildman–Crippen LogP) is 4.59. The summed E-state index contributed by atoms with van der Waals surface area (Å²) >= 11 is 0. The number of sulfonamides is 1. The fraction of sp³-hybridized carbons (Fsp3) is 0.160. The molecule has 8 heteroatoms. The van der Waals surface area contributed by atoms with Crippen LogP contribution in [-0.2, 0) is 14.8 Å². The Morgan fingerprint density at radius 1 is 0.970 bits per heavy atom. The topological polar surface area (TPSA) is 93.1 Å². The first kappa shape index (κ1) is 21.1. The van der Waals surface area contributed by atoms with E-state index in [1.54, 1.807) is 48.5 Å². The van der Waals surface area contributed by atoms with Gasteiger partial charge in [0.1, 0.15) is 0 Å². The van der Waals surface area contributed by atoms with Crippen molar-refractivity contribution < 1.29 is 27.8 Å². The van der Waals surface area contributed by atoms with Gasteiger partial charge in [0.05, 0.1) is 10.6 Å². The van der Waals surface area contributed by atoms with Gasteiger partial charge in [0.15, 0.2) is 17.2 Å². The summed E-state index contributed by atoms with van der Waals surface area (Å²) in [6.07, 6.45) is 0. The number of aliphatic carboxylic acids is 1. The first-order valence-electron chi connectivity index (χ1n) is 10.4. The normalized spacial score (nSPS) is 16.2. The highest BCUT2D eigenvalue weighted by Crippen LogP contribution is 2.46. The molecule has 0 radical (unpaired) electrons. The Labute approximate surface area is 191 Å². The van der Waals surface area contributed by atoms with Crippen LogP contribution in [0.3, 0.4) is 0 Å². The Bertz CT molecular complexity index is 1420. The third-order valence-electron chi connectivity index (χ3n) is 5.76. The number of ether oxygens (including phenoxy) is 2. The summed E-state index contributed by atoms with van der Waals surface area (Å²) in [4.78, 5) is 12.8. The molecule has 0 aromatic heterocycles. The van der Waals surface area contributed by atoms with Gasteiger partial charge in [0.25, 0.3) is 10.0 Å². The molecular weight excluding hydrogens is 442 g/mol. The average Bonchev–Trinajstić information content (AvgIpc) is 3.26. The summed E-state index contributed by atoms with van der Waals surface area (Å²) in [6.45, 7) is 3.95. The molecule has 1 N–H and O–H groups in total.